The quantitative estimate of drug-likeness (QED) is 0.662. The number of nitrogens with one attached hydrogen (secondary N) is 1. The lowest BCUT2D eigenvalue weighted by molar-refractivity contribution is 0.0752. The number of carbonyl (C=O) groups is 2. The Morgan fingerprint density at radius 2 is 1.47 bits per heavy atom. The zero-order chi connectivity index (χ0) is 22.7. The number of nitrogens with zero attached hydrogens (tertiary/aromatic N) is 2. The van der Waals surface area contributed by atoms with Gasteiger partial charge in [0, 0.05) is 29.9 Å². The van der Waals surface area contributed by atoms with E-state index in [1.165, 1.54) is 10.6 Å². The molecule has 164 valence electrons. The maximum atomic E-state index is 13.1. The van der Waals surface area contributed by atoms with Gasteiger partial charge in [-0.05, 0) is 48.0 Å². The first-order valence-corrected chi connectivity index (χ1v) is 12.0. The molecule has 1 aliphatic heterocycles. The largest absolute Gasteiger partial charge is 0.332 e. The minimum atomic E-state index is -3.46. The molecular formula is C24H23N3O4S. The molecule has 0 radical (unpaired) electrons. The van der Waals surface area contributed by atoms with Gasteiger partial charge in [0.15, 0.2) is 0 Å². The summed E-state index contributed by atoms with van der Waals surface area (Å²) in [6.07, 6.45) is 1.17. The van der Waals surface area contributed by atoms with Crippen LogP contribution in [0.5, 0.6) is 0 Å². The van der Waals surface area contributed by atoms with Gasteiger partial charge in [-0.15, -0.1) is 0 Å². The van der Waals surface area contributed by atoms with Crippen molar-refractivity contribution in [2.75, 3.05) is 29.0 Å². The molecule has 3 aromatic rings. The summed E-state index contributed by atoms with van der Waals surface area (Å²) in [6, 6.07) is 22.8. The fourth-order valence-electron chi connectivity index (χ4n) is 3.69. The number of carbonyl (C=O) groups excluding carboxylic acids is 2. The molecule has 0 saturated carbocycles. The van der Waals surface area contributed by atoms with Gasteiger partial charge in [-0.25, -0.2) is 8.42 Å². The topological polar surface area (TPSA) is 86.8 Å². The van der Waals surface area contributed by atoms with Crippen molar-refractivity contribution in [1.82, 2.24) is 4.90 Å². The summed E-state index contributed by atoms with van der Waals surface area (Å²) in [5.74, 6) is -0.425. The van der Waals surface area contributed by atoms with Crippen LogP contribution in [-0.4, -0.2) is 44.5 Å². The third-order valence-corrected chi connectivity index (χ3v) is 6.49. The molecule has 0 bridgehead atoms. The Morgan fingerprint density at radius 1 is 0.812 bits per heavy atom. The van der Waals surface area contributed by atoms with E-state index >= 15 is 0 Å². The Morgan fingerprint density at radius 3 is 2.16 bits per heavy atom. The third kappa shape index (κ3) is 4.65. The normalized spacial score (nSPS) is 13.8. The average Bonchev–Trinajstić information content (AvgIpc) is 2.99. The van der Waals surface area contributed by atoms with E-state index in [1.54, 1.807) is 65.6 Å². The molecule has 32 heavy (non-hydrogen) atoms. The van der Waals surface area contributed by atoms with Crippen LogP contribution in [0.4, 0.5) is 11.4 Å². The van der Waals surface area contributed by atoms with Crippen molar-refractivity contribution in [3.05, 3.63) is 95.6 Å². The number of sulfonamides is 1. The molecule has 4 rings (SSSR count). The zero-order valence-electron chi connectivity index (χ0n) is 17.6. The molecular weight excluding hydrogens is 426 g/mol. The van der Waals surface area contributed by atoms with Crippen molar-refractivity contribution in [3.63, 3.8) is 0 Å². The third-order valence-electron chi connectivity index (χ3n) is 5.31. The molecule has 0 atom stereocenters. The standard InChI is InChI=1S/C24H23N3O4S/c1-32(30,31)27-16-15-26(17-20-9-5-6-10-22(20)27)24(29)19-11-13-21(14-12-19)25-23(28)18-7-3-2-4-8-18/h2-14H,15-17H2,1H3,(H,25,28). The maximum absolute atomic E-state index is 13.1. The SMILES string of the molecule is CS(=O)(=O)N1CCN(C(=O)c2ccc(NC(=O)c3ccccc3)cc2)Cc2ccccc21. The van der Waals surface area contributed by atoms with Gasteiger partial charge in [0.25, 0.3) is 11.8 Å². The molecule has 0 saturated heterocycles. The van der Waals surface area contributed by atoms with Gasteiger partial charge < -0.3 is 10.2 Å². The van der Waals surface area contributed by atoms with Gasteiger partial charge in [-0.2, -0.15) is 0 Å². The van der Waals surface area contributed by atoms with Gasteiger partial charge in [0.2, 0.25) is 10.0 Å². The number of hydrogen-bond donors (Lipinski definition) is 1. The molecule has 0 aromatic heterocycles. The van der Waals surface area contributed by atoms with E-state index in [0.717, 1.165) is 5.56 Å². The number of fused-ring (bicyclic) bond motifs is 1. The lowest BCUT2D eigenvalue weighted by Crippen LogP contribution is -2.37. The number of anilines is 2. The first kappa shape index (κ1) is 21.6. The highest BCUT2D eigenvalue weighted by molar-refractivity contribution is 7.92. The number of amides is 2. The number of rotatable bonds is 4. The van der Waals surface area contributed by atoms with Gasteiger partial charge >= 0.3 is 0 Å². The average molecular weight is 450 g/mol. The molecule has 0 spiro atoms. The van der Waals surface area contributed by atoms with Gasteiger partial charge in [-0.1, -0.05) is 36.4 Å². The second-order valence-electron chi connectivity index (χ2n) is 7.59. The Kier molecular flexibility index (Phi) is 5.96. The molecule has 8 heteroatoms. The Balaban J connectivity index is 1.50. The van der Waals surface area contributed by atoms with E-state index in [4.69, 9.17) is 0 Å². The summed E-state index contributed by atoms with van der Waals surface area (Å²) in [5, 5.41) is 2.81. The summed E-state index contributed by atoms with van der Waals surface area (Å²) < 4.78 is 25.9. The molecule has 1 heterocycles. The van der Waals surface area contributed by atoms with Crippen molar-refractivity contribution in [2.45, 2.75) is 6.54 Å². The fraction of sp³-hybridized carbons (Fsp3) is 0.167. The minimum absolute atomic E-state index is 0.187. The van der Waals surface area contributed by atoms with Crippen molar-refractivity contribution in [2.24, 2.45) is 0 Å². The second-order valence-corrected chi connectivity index (χ2v) is 9.49. The number of para-hydroxylation sites is 1. The second kappa shape index (κ2) is 8.84. The van der Waals surface area contributed by atoms with Gasteiger partial charge in [-0.3, -0.25) is 13.9 Å². The summed E-state index contributed by atoms with van der Waals surface area (Å²) in [6.45, 7) is 0.771. The summed E-state index contributed by atoms with van der Waals surface area (Å²) >= 11 is 0. The predicted molar refractivity (Wildman–Crippen MR) is 124 cm³/mol. The van der Waals surface area contributed by atoms with Crippen molar-refractivity contribution in [1.29, 1.82) is 0 Å². The predicted octanol–water partition coefficient (Wildman–Crippen LogP) is 3.36. The zero-order valence-corrected chi connectivity index (χ0v) is 18.4. The highest BCUT2D eigenvalue weighted by atomic mass is 32.2. The molecule has 1 aliphatic rings. The van der Waals surface area contributed by atoms with Crippen molar-refractivity contribution in [3.8, 4) is 0 Å². The highest BCUT2D eigenvalue weighted by Crippen LogP contribution is 2.27. The van der Waals surface area contributed by atoms with Gasteiger partial charge in [0.1, 0.15) is 0 Å². The molecule has 0 aliphatic carbocycles. The van der Waals surface area contributed by atoms with E-state index in [9.17, 15) is 18.0 Å². The van der Waals surface area contributed by atoms with E-state index in [0.29, 0.717) is 29.0 Å². The summed E-state index contributed by atoms with van der Waals surface area (Å²) in [4.78, 5) is 27.1. The maximum Gasteiger partial charge on any atom is 0.255 e. The van der Waals surface area contributed by atoms with Crippen LogP contribution in [0.2, 0.25) is 0 Å². The van der Waals surface area contributed by atoms with Crippen LogP contribution in [-0.2, 0) is 16.6 Å². The molecule has 0 fully saturated rings. The first-order chi connectivity index (χ1) is 15.3. The van der Waals surface area contributed by atoms with E-state index in [1.807, 2.05) is 18.2 Å². The number of benzene rings is 3. The summed E-state index contributed by atoms with van der Waals surface area (Å²) in [5.41, 5.74) is 2.97. The lowest BCUT2D eigenvalue weighted by Gasteiger charge is -2.22. The van der Waals surface area contributed by atoms with Crippen molar-refractivity contribution >= 4 is 33.2 Å². The lowest BCUT2D eigenvalue weighted by atomic mass is 10.1. The van der Waals surface area contributed by atoms with Crippen LogP contribution in [0.25, 0.3) is 0 Å². The minimum Gasteiger partial charge on any atom is -0.332 e. The fourth-order valence-corrected chi connectivity index (χ4v) is 4.64. The Bertz CT molecular complexity index is 1240. The monoisotopic (exact) mass is 449 g/mol. The van der Waals surface area contributed by atoms with E-state index < -0.39 is 10.0 Å². The molecule has 2 amide bonds. The van der Waals surface area contributed by atoms with Crippen LogP contribution in [0, 0.1) is 0 Å². The first-order valence-electron chi connectivity index (χ1n) is 10.1. The molecule has 7 nitrogen and oxygen atoms in total. The van der Waals surface area contributed by atoms with E-state index in [-0.39, 0.29) is 24.9 Å². The van der Waals surface area contributed by atoms with Crippen molar-refractivity contribution < 1.29 is 18.0 Å². The molecule has 0 unspecified atom stereocenters. The van der Waals surface area contributed by atoms with Crippen LogP contribution < -0.4 is 9.62 Å². The Hall–Kier alpha value is -3.65. The van der Waals surface area contributed by atoms with Crippen LogP contribution in [0.15, 0.2) is 78.9 Å². The molecule has 1 N–H and O–H groups in total. The number of hydrogen-bond acceptors (Lipinski definition) is 4. The van der Waals surface area contributed by atoms with E-state index in [2.05, 4.69) is 5.32 Å². The van der Waals surface area contributed by atoms with Crippen LogP contribution in [0.1, 0.15) is 26.3 Å². The summed E-state index contributed by atoms with van der Waals surface area (Å²) in [7, 11) is -3.46. The highest BCUT2D eigenvalue weighted by Gasteiger charge is 2.27. The van der Waals surface area contributed by atoms with Crippen LogP contribution in [0.3, 0.4) is 0 Å². The van der Waals surface area contributed by atoms with Gasteiger partial charge in [0.05, 0.1) is 18.5 Å². The van der Waals surface area contributed by atoms with Crippen LogP contribution >= 0.6 is 0 Å². The molecule has 3 aromatic carbocycles. The Labute approximate surface area is 187 Å². The smallest absolute Gasteiger partial charge is 0.255 e.